The summed E-state index contributed by atoms with van der Waals surface area (Å²) < 4.78 is 105. The summed E-state index contributed by atoms with van der Waals surface area (Å²) in [4.78, 5) is 22.0. The number of aromatic carboxylic acids is 2. The van der Waals surface area contributed by atoms with Gasteiger partial charge in [0.1, 0.15) is 53.6 Å². The quantitative estimate of drug-likeness (QED) is 0.0462. The van der Waals surface area contributed by atoms with Gasteiger partial charge in [-0.1, -0.05) is 75.4 Å². The third-order valence-electron chi connectivity index (χ3n) is 10.7. The lowest BCUT2D eigenvalue weighted by Gasteiger charge is -2.23. The van der Waals surface area contributed by atoms with Gasteiger partial charge in [0.05, 0.1) is 37.2 Å². The molecule has 6 aromatic carbocycles. The topological polar surface area (TPSA) is 238 Å². The van der Waals surface area contributed by atoms with Crippen LogP contribution in [0.3, 0.4) is 0 Å². The molecule has 0 saturated carbocycles. The molecule has 1 heterocycles. The van der Waals surface area contributed by atoms with Crippen molar-refractivity contribution in [2.75, 3.05) is 35.9 Å². The van der Waals surface area contributed by atoms with Crippen LogP contribution in [0.4, 0.5) is 11.4 Å². The molecule has 16 nitrogen and oxygen atoms in total. The van der Waals surface area contributed by atoms with Gasteiger partial charge in [0.15, 0.2) is 0 Å². The number of sulfonamides is 2. The molecule has 20 heteroatoms. The predicted octanol–water partition coefficient (Wildman–Crippen LogP) is 9.87. The van der Waals surface area contributed by atoms with Crippen LogP contribution in [-0.4, -0.2) is 73.8 Å². The van der Waals surface area contributed by atoms with Crippen LogP contribution in [0, 0.1) is 0 Å². The first-order chi connectivity index (χ1) is 33.8. The van der Waals surface area contributed by atoms with Crippen molar-refractivity contribution in [2.24, 2.45) is 0 Å². The van der Waals surface area contributed by atoms with Crippen molar-refractivity contribution in [1.29, 1.82) is 0 Å². The molecule has 0 aliphatic carbocycles. The van der Waals surface area contributed by atoms with Gasteiger partial charge in [-0.05, 0) is 121 Å². The smallest absolute Gasteiger partial charge is 0.335 e. The van der Waals surface area contributed by atoms with Crippen LogP contribution in [-0.2, 0) is 35.3 Å². The number of thiophene rings is 1. The lowest BCUT2D eigenvalue weighted by molar-refractivity contribution is 0.0686. The van der Waals surface area contributed by atoms with E-state index in [9.17, 15) is 34.8 Å². The van der Waals surface area contributed by atoms with Crippen LogP contribution >= 0.6 is 11.3 Å². The second kappa shape index (κ2) is 23.5. The van der Waals surface area contributed by atoms with Crippen molar-refractivity contribution in [1.82, 2.24) is 0 Å². The molecular formula is C51H50N2O14S4. The number of para-hydroxylation sites is 4. The van der Waals surface area contributed by atoms with Gasteiger partial charge in [0.2, 0.25) is 9.84 Å². The van der Waals surface area contributed by atoms with Gasteiger partial charge in [-0.25, -0.2) is 34.8 Å². The molecule has 0 bridgehead atoms. The summed E-state index contributed by atoms with van der Waals surface area (Å²) in [5, 5.41) is 19.2. The molecule has 0 saturated heterocycles. The van der Waals surface area contributed by atoms with Crippen LogP contribution in [0.15, 0.2) is 182 Å². The Hall–Kier alpha value is -7.39. The molecule has 7 aromatic rings. The lowest BCUT2D eigenvalue weighted by atomic mass is 9.82. The number of carbonyl (C=O) groups is 2. The van der Waals surface area contributed by atoms with Gasteiger partial charge in [-0.3, -0.25) is 9.44 Å². The molecule has 0 aliphatic heterocycles. The van der Waals surface area contributed by atoms with Crippen molar-refractivity contribution in [3.05, 3.63) is 180 Å². The number of nitrogens with one attached hydrogen (secondary N) is 2. The molecule has 4 N–H and O–H groups in total. The summed E-state index contributed by atoms with van der Waals surface area (Å²) in [7, 11) is -11.7. The standard InChI is InChI=1S/C26H29NO6S.C25H21NO8S3/c1-4-26(2,3)20-11-15-22(16-12-20)34(30,31)27-23-7-5-6-8-24(23)33-18-17-32-21-13-9-19(10-14-21)25(28)29;27-25(28)18-10-12-19(13-11-18)33-14-15-34-23-9-5-4-8-22(23)26-37(31,32)24-16-21(17-35-24)36(29,30)20-6-2-1-3-7-20/h5-16,27H,4,17-18H2,1-3H3,(H,28,29);1-13,16-17,26H,14-15H2,(H,27,28). The summed E-state index contributed by atoms with van der Waals surface area (Å²) in [5.74, 6) is -0.441. The molecule has 0 amide bonds. The first-order valence-corrected chi connectivity index (χ1v) is 27.0. The van der Waals surface area contributed by atoms with Gasteiger partial charge in [0.25, 0.3) is 20.0 Å². The van der Waals surface area contributed by atoms with Crippen molar-refractivity contribution in [3.63, 3.8) is 0 Å². The Bertz CT molecular complexity index is 3250. The van der Waals surface area contributed by atoms with Gasteiger partial charge >= 0.3 is 11.9 Å². The van der Waals surface area contributed by atoms with E-state index in [0.29, 0.717) is 22.9 Å². The summed E-state index contributed by atoms with van der Waals surface area (Å²) in [6.07, 6.45) is 0.944. The average Bonchev–Trinajstić information content (AvgIpc) is 3.89. The molecule has 372 valence electrons. The number of carboxylic acid groups (broad SMARTS) is 2. The minimum atomic E-state index is -4.10. The summed E-state index contributed by atoms with van der Waals surface area (Å²) >= 11 is 0.798. The van der Waals surface area contributed by atoms with E-state index >= 15 is 0 Å². The summed E-state index contributed by atoms with van der Waals surface area (Å²) in [5.41, 5.74) is 1.86. The average molecular weight is 1040 g/mol. The number of carboxylic acids is 2. The van der Waals surface area contributed by atoms with Crippen LogP contribution in [0.25, 0.3) is 0 Å². The van der Waals surface area contributed by atoms with Crippen molar-refractivity contribution in [2.45, 2.75) is 51.5 Å². The number of rotatable bonds is 22. The highest BCUT2D eigenvalue weighted by Crippen LogP contribution is 2.33. The third kappa shape index (κ3) is 14.3. The summed E-state index contributed by atoms with van der Waals surface area (Å²) in [6.45, 7) is 6.91. The number of hydrogen-bond donors (Lipinski definition) is 4. The van der Waals surface area contributed by atoms with E-state index in [2.05, 4.69) is 30.2 Å². The minimum absolute atomic E-state index is 0.0312. The Morgan fingerprint density at radius 1 is 0.521 bits per heavy atom. The number of anilines is 2. The van der Waals surface area contributed by atoms with Gasteiger partial charge in [-0.2, -0.15) is 0 Å². The molecule has 0 radical (unpaired) electrons. The molecule has 0 atom stereocenters. The maximum Gasteiger partial charge on any atom is 0.335 e. The number of ether oxygens (including phenoxy) is 4. The Balaban J connectivity index is 0.000000233. The third-order valence-corrected chi connectivity index (χ3v) is 16.8. The first-order valence-electron chi connectivity index (χ1n) is 21.7. The van der Waals surface area contributed by atoms with E-state index in [1.54, 1.807) is 84.9 Å². The number of benzene rings is 6. The largest absolute Gasteiger partial charge is 0.490 e. The second-order valence-electron chi connectivity index (χ2n) is 15.9. The Kier molecular flexibility index (Phi) is 17.5. The van der Waals surface area contributed by atoms with E-state index in [1.807, 2.05) is 12.1 Å². The fourth-order valence-electron chi connectivity index (χ4n) is 6.37. The molecule has 0 spiro atoms. The number of sulfone groups is 1. The van der Waals surface area contributed by atoms with Crippen LogP contribution in [0.5, 0.6) is 23.0 Å². The highest BCUT2D eigenvalue weighted by molar-refractivity contribution is 7.95. The van der Waals surface area contributed by atoms with Crippen LogP contribution < -0.4 is 28.4 Å². The van der Waals surface area contributed by atoms with Gasteiger partial charge in [-0.15, -0.1) is 11.3 Å². The van der Waals surface area contributed by atoms with E-state index in [-0.39, 0.29) is 73.3 Å². The zero-order chi connectivity index (χ0) is 51.2. The highest BCUT2D eigenvalue weighted by Gasteiger charge is 2.25. The van der Waals surface area contributed by atoms with Gasteiger partial charge < -0.3 is 29.2 Å². The zero-order valence-corrected chi connectivity index (χ0v) is 41.8. The van der Waals surface area contributed by atoms with Crippen molar-refractivity contribution in [3.8, 4) is 23.0 Å². The van der Waals surface area contributed by atoms with E-state index < -0.39 is 41.8 Å². The minimum Gasteiger partial charge on any atom is -0.490 e. The van der Waals surface area contributed by atoms with E-state index in [4.69, 9.17) is 29.2 Å². The Labute approximate surface area is 416 Å². The molecule has 71 heavy (non-hydrogen) atoms. The van der Waals surface area contributed by atoms with E-state index in [1.165, 1.54) is 60.0 Å². The second-order valence-corrected chi connectivity index (χ2v) is 22.4. The SMILES string of the molecule is CCC(C)(C)c1ccc(S(=O)(=O)Nc2ccccc2OCCOc2ccc(C(=O)O)cc2)cc1.O=C(O)c1ccc(OCCOc2ccccc2NS(=O)(=O)c2cc(S(=O)(=O)c3ccccc3)cs2)cc1. The zero-order valence-electron chi connectivity index (χ0n) is 38.6. The van der Waals surface area contributed by atoms with Crippen molar-refractivity contribution >= 4 is 64.5 Å². The van der Waals surface area contributed by atoms with Crippen LogP contribution in [0.2, 0.25) is 0 Å². The number of hydrogen-bond acceptors (Lipinski definition) is 13. The molecule has 0 unspecified atom stereocenters. The highest BCUT2D eigenvalue weighted by atomic mass is 32.2. The van der Waals surface area contributed by atoms with Crippen molar-refractivity contribution < 1.29 is 64.0 Å². The Morgan fingerprint density at radius 3 is 1.42 bits per heavy atom. The Morgan fingerprint density at radius 2 is 0.958 bits per heavy atom. The predicted molar refractivity (Wildman–Crippen MR) is 269 cm³/mol. The first kappa shape index (κ1) is 53.0. The lowest BCUT2D eigenvalue weighted by Crippen LogP contribution is -2.17. The molecule has 0 aliphatic rings. The maximum absolute atomic E-state index is 13.0. The summed E-state index contributed by atoms with van der Waals surface area (Å²) in [6, 6.07) is 40.9. The molecule has 1 aromatic heterocycles. The fourth-order valence-corrected chi connectivity index (χ4v) is 11.4. The fraction of sp³-hybridized carbons (Fsp3) is 0.176. The maximum atomic E-state index is 13.0. The molecule has 7 rings (SSSR count). The monoisotopic (exact) mass is 1040 g/mol. The van der Waals surface area contributed by atoms with E-state index in [0.717, 1.165) is 29.4 Å². The molecular weight excluding hydrogens is 993 g/mol. The molecule has 0 fully saturated rings. The van der Waals surface area contributed by atoms with Gasteiger partial charge in [0, 0.05) is 5.38 Å². The normalized spacial score (nSPS) is 11.6. The van der Waals surface area contributed by atoms with Crippen LogP contribution in [0.1, 0.15) is 53.5 Å².